The molecule has 0 saturated carbocycles. The number of carbonyl (C=O) groups excluding carboxylic acids is 1. The molecule has 17 heavy (non-hydrogen) atoms. The molecule has 0 unspecified atom stereocenters. The Hall–Kier alpha value is -1.84. The van der Waals surface area contributed by atoms with Crippen LogP contribution in [-0.4, -0.2) is 20.0 Å². The van der Waals surface area contributed by atoms with Crippen LogP contribution < -0.4 is 4.74 Å². The zero-order chi connectivity index (χ0) is 12.4. The van der Waals surface area contributed by atoms with E-state index >= 15 is 0 Å². The van der Waals surface area contributed by atoms with E-state index in [9.17, 15) is 9.18 Å². The average Bonchev–Trinajstić information content (AvgIpc) is 2.70. The lowest BCUT2D eigenvalue weighted by Gasteiger charge is -2.10. The van der Waals surface area contributed by atoms with Crippen LogP contribution in [-0.2, 0) is 9.53 Å². The van der Waals surface area contributed by atoms with Crippen molar-refractivity contribution in [2.45, 2.75) is 12.8 Å². The van der Waals surface area contributed by atoms with E-state index in [2.05, 4.69) is 0 Å². The summed E-state index contributed by atoms with van der Waals surface area (Å²) < 4.78 is 23.4. The first kappa shape index (κ1) is 11.6. The van der Waals surface area contributed by atoms with Crippen molar-refractivity contribution in [1.82, 2.24) is 0 Å². The van der Waals surface area contributed by atoms with Crippen molar-refractivity contribution in [3.63, 3.8) is 0 Å². The first-order chi connectivity index (χ1) is 8.17. The molecule has 1 aliphatic carbocycles. The van der Waals surface area contributed by atoms with Gasteiger partial charge < -0.3 is 9.47 Å². The molecule has 0 atom stereocenters. The molecule has 4 heteroatoms. The number of ketones is 1. The van der Waals surface area contributed by atoms with E-state index in [-0.39, 0.29) is 5.78 Å². The normalized spacial score (nSPS) is 15.4. The van der Waals surface area contributed by atoms with Gasteiger partial charge in [-0.3, -0.25) is 4.79 Å². The fourth-order valence-electron chi connectivity index (χ4n) is 2.01. The van der Waals surface area contributed by atoms with Gasteiger partial charge in [-0.2, -0.15) is 0 Å². The number of halogens is 1. The predicted octanol–water partition coefficient (Wildman–Crippen LogP) is 2.55. The molecule has 1 aromatic rings. The summed E-state index contributed by atoms with van der Waals surface area (Å²) in [5.41, 5.74) is 1.10. The van der Waals surface area contributed by atoms with Crippen molar-refractivity contribution in [2.24, 2.45) is 0 Å². The van der Waals surface area contributed by atoms with E-state index in [0.29, 0.717) is 35.5 Å². The summed E-state index contributed by atoms with van der Waals surface area (Å²) in [6, 6.07) is 4.12. The summed E-state index contributed by atoms with van der Waals surface area (Å²) in [6.07, 6.45) is 1.02. The minimum absolute atomic E-state index is 0.00626. The van der Waals surface area contributed by atoms with Crippen LogP contribution in [0.4, 0.5) is 4.39 Å². The molecule has 1 aliphatic rings. The molecule has 0 spiro atoms. The average molecular weight is 236 g/mol. The first-order valence-electron chi connectivity index (χ1n) is 5.31. The van der Waals surface area contributed by atoms with Gasteiger partial charge in [-0.1, -0.05) is 0 Å². The van der Waals surface area contributed by atoms with Gasteiger partial charge in [0.15, 0.2) is 5.78 Å². The van der Waals surface area contributed by atoms with Crippen LogP contribution in [0.2, 0.25) is 0 Å². The van der Waals surface area contributed by atoms with Crippen molar-refractivity contribution in [3.05, 3.63) is 35.3 Å². The van der Waals surface area contributed by atoms with Crippen molar-refractivity contribution in [3.8, 4) is 5.75 Å². The van der Waals surface area contributed by atoms with E-state index in [0.717, 1.165) is 0 Å². The van der Waals surface area contributed by atoms with Crippen molar-refractivity contribution < 1.29 is 18.7 Å². The van der Waals surface area contributed by atoms with Crippen molar-refractivity contribution in [1.29, 1.82) is 0 Å². The quantitative estimate of drug-likeness (QED) is 0.809. The lowest BCUT2D eigenvalue weighted by molar-refractivity contribution is -0.113. The van der Waals surface area contributed by atoms with Gasteiger partial charge in [-0.25, -0.2) is 4.39 Å². The topological polar surface area (TPSA) is 35.5 Å². The largest absolute Gasteiger partial charge is 0.500 e. The molecule has 3 nitrogen and oxygen atoms in total. The minimum Gasteiger partial charge on any atom is -0.500 e. The van der Waals surface area contributed by atoms with Gasteiger partial charge in [-0.05, 0) is 12.1 Å². The summed E-state index contributed by atoms with van der Waals surface area (Å²) in [6.45, 7) is 0. The molecular weight excluding hydrogens is 223 g/mol. The lowest BCUT2D eigenvalue weighted by Crippen LogP contribution is -2.00. The van der Waals surface area contributed by atoms with E-state index in [1.54, 1.807) is 6.07 Å². The highest BCUT2D eigenvalue weighted by atomic mass is 19.1. The van der Waals surface area contributed by atoms with Gasteiger partial charge in [0.05, 0.1) is 19.8 Å². The highest BCUT2D eigenvalue weighted by Gasteiger charge is 2.27. The van der Waals surface area contributed by atoms with Gasteiger partial charge in [0.2, 0.25) is 0 Å². The Morgan fingerprint density at radius 3 is 2.59 bits per heavy atom. The second kappa shape index (κ2) is 4.57. The SMILES string of the molecule is COC1=C(c2ccc(F)cc2OC)C(=O)CC1. The van der Waals surface area contributed by atoms with E-state index < -0.39 is 5.82 Å². The Kier molecular flexibility index (Phi) is 3.13. The van der Waals surface area contributed by atoms with Crippen LogP contribution in [0.5, 0.6) is 5.75 Å². The third-order valence-corrected chi connectivity index (χ3v) is 2.82. The monoisotopic (exact) mass is 236 g/mol. The molecule has 0 saturated heterocycles. The number of methoxy groups -OCH3 is 2. The first-order valence-corrected chi connectivity index (χ1v) is 5.31. The summed E-state index contributed by atoms with van der Waals surface area (Å²) in [5.74, 6) is 0.604. The highest BCUT2D eigenvalue weighted by molar-refractivity contribution is 6.24. The standard InChI is InChI=1S/C13H13FO3/c1-16-11-6-5-10(15)13(11)9-4-3-8(14)7-12(9)17-2/h3-4,7H,5-6H2,1-2H3. The molecule has 0 radical (unpaired) electrons. The van der Waals surface area contributed by atoms with Crippen LogP contribution in [0, 0.1) is 5.82 Å². The van der Waals surface area contributed by atoms with Crippen LogP contribution >= 0.6 is 0 Å². The summed E-state index contributed by atoms with van der Waals surface area (Å²) in [4.78, 5) is 11.8. The van der Waals surface area contributed by atoms with Gasteiger partial charge in [0.25, 0.3) is 0 Å². The maximum Gasteiger partial charge on any atom is 0.167 e. The van der Waals surface area contributed by atoms with Crippen LogP contribution in [0.1, 0.15) is 18.4 Å². The maximum absolute atomic E-state index is 13.1. The summed E-state index contributed by atoms with van der Waals surface area (Å²) in [5, 5.41) is 0. The molecule has 1 aromatic carbocycles. The highest BCUT2D eigenvalue weighted by Crippen LogP contribution is 2.36. The second-order valence-electron chi connectivity index (χ2n) is 3.77. The number of hydrogen-bond donors (Lipinski definition) is 0. The summed E-state index contributed by atoms with van der Waals surface area (Å²) >= 11 is 0. The zero-order valence-electron chi connectivity index (χ0n) is 9.75. The molecule has 0 aromatic heterocycles. The number of ether oxygens (including phenoxy) is 2. The molecular formula is C13H13FO3. The molecule has 0 N–H and O–H groups in total. The van der Waals surface area contributed by atoms with Crippen LogP contribution in [0.15, 0.2) is 24.0 Å². The molecule has 0 fully saturated rings. The third-order valence-electron chi connectivity index (χ3n) is 2.82. The fourth-order valence-corrected chi connectivity index (χ4v) is 2.01. The molecule has 0 bridgehead atoms. The van der Waals surface area contributed by atoms with Gasteiger partial charge in [0, 0.05) is 24.5 Å². The number of allylic oxidation sites excluding steroid dienone is 2. The van der Waals surface area contributed by atoms with Crippen LogP contribution in [0.25, 0.3) is 5.57 Å². The van der Waals surface area contributed by atoms with E-state index in [1.807, 2.05) is 0 Å². The molecule has 0 aliphatic heterocycles. The molecule has 0 amide bonds. The molecule has 2 rings (SSSR count). The summed E-state index contributed by atoms with van der Waals surface area (Å²) in [7, 11) is 2.98. The number of rotatable bonds is 3. The maximum atomic E-state index is 13.1. The van der Waals surface area contributed by atoms with E-state index in [1.165, 1.54) is 26.4 Å². The third kappa shape index (κ3) is 2.02. The van der Waals surface area contributed by atoms with Crippen LogP contribution in [0.3, 0.4) is 0 Å². The Morgan fingerprint density at radius 1 is 1.18 bits per heavy atom. The van der Waals surface area contributed by atoms with Gasteiger partial charge in [0.1, 0.15) is 17.3 Å². The molecule has 90 valence electrons. The lowest BCUT2D eigenvalue weighted by atomic mass is 10.0. The number of carbonyl (C=O) groups is 1. The Labute approximate surface area is 98.8 Å². The second-order valence-corrected chi connectivity index (χ2v) is 3.77. The van der Waals surface area contributed by atoms with Crippen molar-refractivity contribution >= 4 is 11.4 Å². The van der Waals surface area contributed by atoms with Gasteiger partial charge in [-0.15, -0.1) is 0 Å². The van der Waals surface area contributed by atoms with Crippen molar-refractivity contribution in [2.75, 3.05) is 14.2 Å². The Morgan fingerprint density at radius 2 is 1.94 bits per heavy atom. The zero-order valence-corrected chi connectivity index (χ0v) is 9.75. The number of hydrogen-bond acceptors (Lipinski definition) is 3. The smallest absolute Gasteiger partial charge is 0.167 e. The molecule has 0 heterocycles. The minimum atomic E-state index is -0.393. The fraction of sp³-hybridized carbons (Fsp3) is 0.308. The number of Topliss-reactive ketones (excluding diaryl/α,β-unsaturated/α-hetero) is 1. The van der Waals surface area contributed by atoms with E-state index in [4.69, 9.17) is 9.47 Å². The number of benzene rings is 1. The Balaban J connectivity index is 2.56. The van der Waals surface area contributed by atoms with Gasteiger partial charge >= 0.3 is 0 Å². The Bertz CT molecular complexity index is 491. The predicted molar refractivity (Wildman–Crippen MR) is 61.1 cm³/mol.